The van der Waals surface area contributed by atoms with E-state index >= 15 is 0 Å². The Morgan fingerprint density at radius 2 is 2.20 bits per heavy atom. The van der Waals surface area contributed by atoms with Crippen LogP contribution >= 0.6 is 11.8 Å². The van der Waals surface area contributed by atoms with E-state index in [2.05, 4.69) is 16.4 Å². The first-order chi connectivity index (χ1) is 9.71. The van der Waals surface area contributed by atoms with Gasteiger partial charge in [-0.2, -0.15) is 5.26 Å². The highest BCUT2D eigenvalue weighted by molar-refractivity contribution is 8.03. The van der Waals surface area contributed by atoms with Gasteiger partial charge in [0.15, 0.2) is 0 Å². The van der Waals surface area contributed by atoms with Crippen molar-refractivity contribution in [1.29, 1.82) is 5.26 Å². The molecule has 2 heterocycles. The molecule has 2 unspecified atom stereocenters. The zero-order chi connectivity index (χ0) is 14.0. The van der Waals surface area contributed by atoms with Crippen molar-refractivity contribution >= 4 is 28.5 Å². The minimum absolute atomic E-state index is 0.277. The summed E-state index contributed by atoms with van der Waals surface area (Å²) in [6, 6.07) is 14.1. The number of nitriles is 1. The number of para-hydroxylation sites is 1. The number of hydrogen-bond donors (Lipinski definition) is 2. The molecule has 1 aromatic carbocycles. The zero-order valence-electron chi connectivity index (χ0n) is 10.8. The summed E-state index contributed by atoms with van der Waals surface area (Å²) in [6.07, 6.45) is 1.85. The maximum Gasteiger partial charge on any atom is 0.126 e. The number of nitrogens with zero attached hydrogens (tertiary/aromatic N) is 2. The summed E-state index contributed by atoms with van der Waals surface area (Å²) in [4.78, 5) is 3.92. The molecule has 2 atom stereocenters. The third-order valence-corrected chi connectivity index (χ3v) is 4.50. The molecule has 20 heavy (non-hydrogen) atoms. The largest absolute Gasteiger partial charge is 0.367 e. The predicted molar refractivity (Wildman–Crippen MR) is 83.0 cm³/mol. The summed E-state index contributed by atoms with van der Waals surface area (Å²) < 4.78 is 0. The summed E-state index contributed by atoms with van der Waals surface area (Å²) in [5, 5.41) is 15.3. The first-order valence-electron chi connectivity index (χ1n) is 6.34. The van der Waals surface area contributed by atoms with E-state index in [9.17, 15) is 0 Å². The van der Waals surface area contributed by atoms with Crippen molar-refractivity contribution in [3.05, 3.63) is 47.9 Å². The summed E-state index contributed by atoms with van der Waals surface area (Å²) in [6.45, 7) is 0.494. The van der Waals surface area contributed by atoms with Crippen LogP contribution < -0.4 is 11.1 Å². The van der Waals surface area contributed by atoms with Crippen molar-refractivity contribution in [2.24, 2.45) is 11.7 Å². The SMILES string of the molecule is N#CC1C=CSC1(N)CNc1ccc2ccccc2n1. The average molecular weight is 282 g/mol. The summed E-state index contributed by atoms with van der Waals surface area (Å²) in [5.74, 6) is 0.498. The van der Waals surface area contributed by atoms with Gasteiger partial charge in [-0.05, 0) is 23.6 Å². The van der Waals surface area contributed by atoms with Gasteiger partial charge in [-0.1, -0.05) is 24.3 Å². The molecule has 3 rings (SSSR count). The van der Waals surface area contributed by atoms with E-state index in [1.807, 2.05) is 47.9 Å². The first-order valence-corrected chi connectivity index (χ1v) is 7.22. The van der Waals surface area contributed by atoms with Crippen LogP contribution in [0.2, 0.25) is 0 Å². The molecule has 0 amide bonds. The number of fused-ring (bicyclic) bond motifs is 1. The van der Waals surface area contributed by atoms with Crippen molar-refractivity contribution in [2.45, 2.75) is 4.87 Å². The third-order valence-electron chi connectivity index (χ3n) is 3.37. The molecule has 4 nitrogen and oxygen atoms in total. The second-order valence-electron chi connectivity index (χ2n) is 4.75. The second kappa shape index (κ2) is 5.16. The molecule has 100 valence electrons. The number of aromatic nitrogens is 1. The van der Waals surface area contributed by atoms with E-state index in [0.717, 1.165) is 16.7 Å². The normalized spacial score (nSPS) is 24.7. The number of pyridine rings is 1. The van der Waals surface area contributed by atoms with Gasteiger partial charge < -0.3 is 11.1 Å². The maximum atomic E-state index is 9.10. The van der Waals surface area contributed by atoms with E-state index in [1.165, 1.54) is 11.8 Å². The molecule has 0 aliphatic carbocycles. The van der Waals surface area contributed by atoms with Crippen molar-refractivity contribution in [3.8, 4) is 6.07 Å². The van der Waals surface area contributed by atoms with Crippen molar-refractivity contribution in [2.75, 3.05) is 11.9 Å². The highest BCUT2D eigenvalue weighted by Gasteiger charge is 2.37. The summed E-state index contributed by atoms with van der Waals surface area (Å²) in [5.41, 5.74) is 7.20. The van der Waals surface area contributed by atoms with Crippen LogP contribution in [0, 0.1) is 17.2 Å². The van der Waals surface area contributed by atoms with Crippen LogP contribution in [0.25, 0.3) is 10.9 Å². The van der Waals surface area contributed by atoms with Crippen LogP contribution in [0.15, 0.2) is 47.9 Å². The topological polar surface area (TPSA) is 74.7 Å². The quantitative estimate of drug-likeness (QED) is 0.905. The van der Waals surface area contributed by atoms with Crippen LogP contribution in [0.5, 0.6) is 0 Å². The number of nitrogens with one attached hydrogen (secondary N) is 1. The molecule has 0 saturated carbocycles. The van der Waals surface area contributed by atoms with Crippen LogP contribution in [-0.4, -0.2) is 16.4 Å². The second-order valence-corrected chi connectivity index (χ2v) is 6.02. The van der Waals surface area contributed by atoms with Gasteiger partial charge in [0.1, 0.15) is 10.7 Å². The summed E-state index contributed by atoms with van der Waals surface area (Å²) in [7, 11) is 0. The number of hydrogen-bond acceptors (Lipinski definition) is 5. The Balaban J connectivity index is 1.76. The Hall–Kier alpha value is -2.03. The Morgan fingerprint density at radius 1 is 1.35 bits per heavy atom. The molecule has 2 aromatic rings. The van der Waals surface area contributed by atoms with Gasteiger partial charge in [-0.25, -0.2) is 4.98 Å². The van der Waals surface area contributed by atoms with Crippen LogP contribution in [0.4, 0.5) is 5.82 Å². The fraction of sp³-hybridized carbons (Fsp3) is 0.200. The first kappa shape index (κ1) is 13.0. The van der Waals surface area contributed by atoms with Crippen molar-refractivity contribution in [1.82, 2.24) is 4.98 Å². The van der Waals surface area contributed by atoms with Gasteiger partial charge in [0.25, 0.3) is 0 Å². The number of rotatable bonds is 3. The molecule has 0 spiro atoms. The zero-order valence-corrected chi connectivity index (χ0v) is 11.6. The lowest BCUT2D eigenvalue weighted by atomic mass is 10.0. The van der Waals surface area contributed by atoms with E-state index < -0.39 is 4.87 Å². The minimum atomic E-state index is -0.623. The average Bonchev–Trinajstić information content (AvgIpc) is 2.86. The number of nitrogens with two attached hydrogens (primary N) is 1. The highest BCUT2D eigenvalue weighted by atomic mass is 32.2. The smallest absolute Gasteiger partial charge is 0.126 e. The van der Waals surface area contributed by atoms with E-state index in [4.69, 9.17) is 11.0 Å². The lowest BCUT2D eigenvalue weighted by molar-refractivity contribution is 0.571. The molecule has 1 aliphatic heterocycles. The maximum absolute atomic E-state index is 9.10. The molecule has 5 heteroatoms. The summed E-state index contributed by atoms with van der Waals surface area (Å²) >= 11 is 1.48. The van der Waals surface area contributed by atoms with Gasteiger partial charge in [-0.3, -0.25) is 0 Å². The Bertz CT molecular complexity index is 706. The predicted octanol–water partition coefficient (Wildman–Crippen LogP) is 2.70. The molecule has 0 fully saturated rings. The number of thioether (sulfide) groups is 1. The van der Waals surface area contributed by atoms with Gasteiger partial charge in [0.2, 0.25) is 0 Å². The molecule has 1 aromatic heterocycles. The van der Waals surface area contributed by atoms with Gasteiger partial charge in [0.05, 0.1) is 17.5 Å². The molecular weight excluding hydrogens is 268 g/mol. The fourth-order valence-corrected chi connectivity index (χ4v) is 3.10. The molecular formula is C15H14N4S. The van der Waals surface area contributed by atoms with Gasteiger partial charge in [-0.15, -0.1) is 11.8 Å². The third kappa shape index (κ3) is 2.36. The van der Waals surface area contributed by atoms with Crippen LogP contribution in [0.1, 0.15) is 0 Å². The van der Waals surface area contributed by atoms with E-state index in [-0.39, 0.29) is 5.92 Å². The Morgan fingerprint density at radius 3 is 3.05 bits per heavy atom. The fourth-order valence-electron chi connectivity index (χ4n) is 2.18. The van der Waals surface area contributed by atoms with Gasteiger partial charge in [0, 0.05) is 11.9 Å². The monoisotopic (exact) mass is 282 g/mol. The van der Waals surface area contributed by atoms with Gasteiger partial charge >= 0.3 is 0 Å². The van der Waals surface area contributed by atoms with E-state index in [0.29, 0.717) is 6.54 Å². The van der Waals surface area contributed by atoms with Crippen molar-refractivity contribution in [3.63, 3.8) is 0 Å². The highest BCUT2D eigenvalue weighted by Crippen LogP contribution is 2.36. The molecule has 3 N–H and O–H groups in total. The van der Waals surface area contributed by atoms with Crippen LogP contribution in [-0.2, 0) is 0 Å². The Kier molecular flexibility index (Phi) is 3.35. The van der Waals surface area contributed by atoms with Crippen molar-refractivity contribution < 1.29 is 0 Å². The standard InChI is InChI=1S/C15H14N4S/c16-9-12-7-8-20-15(12,17)10-18-14-6-5-11-3-1-2-4-13(11)19-14/h1-8,12H,10,17H2,(H,18,19). The van der Waals surface area contributed by atoms with Crippen LogP contribution in [0.3, 0.4) is 0 Å². The molecule has 1 aliphatic rings. The van der Waals surface area contributed by atoms with E-state index in [1.54, 1.807) is 0 Å². The molecule has 0 bridgehead atoms. The lowest BCUT2D eigenvalue weighted by Crippen LogP contribution is -2.46. The number of anilines is 1. The minimum Gasteiger partial charge on any atom is -0.367 e. The number of benzene rings is 1. The molecule has 0 radical (unpaired) electrons. The Labute approximate surface area is 121 Å². The molecule has 0 saturated heterocycles. The lowest BCUT2D eigenvalue weighted by Gasteiger charge is -2.26.